The molecule has 1 rings (SSSR count). The number of rotatable bonds is 3. The van der Waals surface area contributed by atoms with Crippen LogP contribution in [0.5, 0.6) is 0 Å². The summed E-state index contributed by atoms with van der Waals surface area (Å²) in [7, 11) is 0.329. The molecule has 2 unspecified atom stereocenters. The van der Waals surface area contributed by atoms with Crippen LogP contribution in [0, 0.1) is 0 Å². The van der Waals surface area contributed by atoms with Crippen molar-refractivity contribution in [3.63, 3.8) is 0 Å². The summed E-state index contributed by atoms with van der Waals surface area (Å²) in [5.74, 6) is -0.0260. The number of hydrogen-bond donors (Lipinski definition) is 1. The lowest BCUT2D eigenvalue weighted by molar-refractivity contribution is -0.120. The Morgan fingerprint density at radius 3 is 2.93 bits per heavy atom. The minimum absolute atomic E-state index is 0.0223. The van der Waals surface area contributed by atoms with E-state index in [9.17, 15) is 13.8 Å². The molecule has 0 radical (unpaired) electrons. The van der Waals surface area contributed by atoms with Crippen molar-refractivity contribution in [3.05, 3.63) is 0 Å². The van der Waals surface area contributed by atoms with E-state index in [0.717, 1.165) is 12.8 Å². The van der Waals surface area contributed by atoms with Crippen LogP contribution < -0.4 is 5.32 Å². The normalized spacial score (nSPS) is 24.4. The van der Waals surface area contributed by atoms with E-state index in [1.54, 1.807) is 0 Å². The van der Waals surface area contributed by atoms with E-state index in [1.165, 1.54) is 7.05 Å². The summed E-state index contributed by atoms with van der Waals surface area (Å²) in [5, 5.41) is 2.33. The largest absolute Gasteiger partial charge is 0.358 e. The number of ketones is 1. The molecule has 1 aliphatic carbocycles. The number of hydrogen-bond acceptors (Lipinski definition) is 3. The van der Waals surface area contributed by atoms with Gasteiger partial charge in [0.05, 0.1) is 0 Å². The molecule has 5 heteroatoms. The number of carbonyl (C=O) groups excluding carboxylic acids is 2. The third-order valence-electron chi connectivity index (χ3n) is 2.36. The molecule has 0 aromatic carbocycles. The summed E-state index contributed by atoms with van der Waals surface area (Å²) in [6.07, 6.45) is 2.59. The van der Waals surface area contributed by atoms with Gasteiger partial charge in [-0.05, 0) is 12.8 Å². The lowest BCUT2D eigenvalue weighted by Gasteiger charge is -2.19. The molecule has 1 aliphatic rings. The molecule has 0 aromatic rings. The first kappa shape index (κ1) is 11.4. The van der Waals surface area contributed by atoms with Gasteiger partial charge in [-0.15, -0.1) is 0 Å². The molecule has 2 atom stereocenters. The van der Waals surface area contributed by atoms with Crippen molar-refractivity contribution in [2.45, 2.75) is 30.9 Å². The summed E-state index contributed by atoms with van der Waals surface area (Å²) < 4.78 is 11.6. The van der Waals surface area contributed by atoms with Crippen molar-refractivity contribution in [2.24, 2.45) is 0 Å². The van der Waals surface area contributed by atoms with Crippen LogP contribution in [0.2, 0.25) is 0 Å². The first-order valence-corrected chi connectivity index (χ1v) is 6.11. The highest BCUT2D eigenvalue weighted by atomic mass is 32.2. The van der Waals surface area contributed by atoms with Crippen LogP contribution in [0.15, 0.2) is 0 Å². The first-order valence-electron chi connectivity index (χ1n) is 4.73. The topological polar surface area (TPSA) is 63.2 Å². The average Bonchev–Trinajstić information content (AvgIpc) is 2.17. The zero-order valence-corrected chi connectivity index (χ0v) is 9.06. The SMILES string of the molecule is CNC(=O)CS(=O)C1CCCC(=O)C1. The van der Waals surface area contributed by atoms with Crippen molar-refractivity contribution < 1.29 is 13.8 Å². The fourth-order valence-electron chi connectivity index (χ4n) is 1.53. The fourth-order valence-corrected chi connectivity index (χ4v) is 2.97. The molecule has 1 saturated carbocycles. The molecule has 0 bridgehead atoms. The highest BCUT2D eigenvalue weighted by molar-refractivity contribution is 7.86. The monoisotopic (exact) mass is 217 g/mol. The Balaban J connectivity index is 2.43. The van der Waals surface area contributed by atoms with Crippen LogP contribution in [0.3, 0.4) is 0 Å². The van der Waals surface area contributed by atoms with Crippen molar-refractivity contribution in [1.29, 1.82) is 0 Å². The second-order valence-corrected chi connectivity index (χ2v) is 5.17. The lowest BCUT2D eigenvalue weighted by Crippen LogP contribution is -2.32. The van der Waals surface area contributed by atoms with Gasteiger partial charge < -0.3 is 5.32 Å². The molecular weight excluding hydrogens is 202 g/mol. The third-order valence-corrected chi connectivity index (χ3v) is 4.05. The Morgan fingerprint density at radius 1 is 1.64 bits per heavy atom. The predicted octanol–water partition coefficient (Wildman–Crippen LogP) is -0.00720. The van der Waals surface area contributed by atoms with E-state index < -0.39 is 10.8 Å². The minimum Gasteiger partial charge on any atom is -0.358 e. The maximum atomic E-state index is 11.6. The van der Waals surface area contributed by atoms with Crippen LogP contribution in [0.4, 0.5) is 0 Å². The summed E-state index contributed by atoms with van der Waals surface area (Å²) in [6, 6.07) is 0. The van der Waals surface area contributed by atoms with Crippen molar-refractivity contribution in [1.82, 2.24) is 5.32 Å². The summed E-state index contributed by atoms with van der Waals surface area (Å²) in [6.45, 7) is 0. The van der Waals surface area contributed by atoms with Crippen molar-refractivity contribution in [2.75, 3.05) is 12.8 Å². The zero-order valence-electron chi connectivity index (χ0n) is 8.25. The standard InChI is InChI=1S/C9H15NO3S/c1-10-9(12)6-14(13)8-4-2-3-7(11)5-8/h8H,2-6H2,1H3,(H,10,12). The molecule has 1 amide bonds. The summed E-state index contributed by atoms with van der Waals surface area (Å²) in [4.78, 5) is 22.1. The average molecular weight is 217 g/mol. The second kappa shape index (κ2) is 5.24. The van der Waals surface area contributed by atoms with Crippen LogP contribution in [0.25, 0.3) is 0 Å². The van der Waals surface area contributed by atoms with Gasteiger partial charge in [-0.1, -0.05) is 0 Å². The van der Waals surface area contributed by atoms with E-state index >= 15 is 0 Å². The van der Waals surface area contributed by atoms with E-state index in [0.29, 0.717) is 12.8 Å². The Kier molecular flexibility index (Phi) is 4.25. The van der Waals surface area contributed by atoms with Crippen LogP contribution in [-0.4, -0.2) is 33.9 Å². The van der Waals surface area contributed by atoms with Gasteiger partial charge in [0.1, 0.15) is 11.5 Å². The number of nitrogens with one attached hydrogen (secondary N) is 1. The predicted molar refractivity (Wildman–Crippen MR) is 54.3 cm³/mol. The highest BCUT2D eigenvalue weighted by Crippen LogP contribution is 2.19. The Hall–Kier alpha value is -0.710. The third kappa shape index (κ3) is 3.21. The van der Waals surface area contributed by atoms with Crippen LogP contribution in [0.1, 0.15) is 25.7 Å². The molecule has 0 spiro atoms. The Morgan fingerprint density at radius 2 is 2.36 bits per heavy atom. The molecular formula is C9H15NO3S. The maximum Gasteiger partial charge on any atom is 0.232 e. The Labute approximate surface area is 85.9 Å². The van der Waals surface area contributed by atoms with Crippen LogP contribution in [-0.2, 0) is 20.4 Å². The van der Waals surface area contributed by atoms with Gasteiger partial charge in [-0.3, -0.25) is 13.8 Å². The van der Waals surface area contributed by atoms with Gasteiger partial charge in [0, 0.05) is 35.9 Å². The smallest absolute Gasteiger partial charge is 0.232 e. The fraction of sp³-hybridized carbons (Fsp3) is 0.778. The van der Waals surface area contributed by atoms with Crippen molar-refractivity contribution >= 4 is 22.5 Å². The molecule has 4 nitrogen and oxygen atoms in total. The van der Waals surface area contributed by atoms with Gasteiger partial charge in [0.2, 0.25) is 5.91 Å². The summed E-state index contributed by atoms with van der Waals surface area (Å²) in [5.41, 5.74) is 0. The minimum atomic E-state index is -1.19. The van der Waals surface area contributed by atoms with Gasteiger partial charge in [0.25, 0.3) is 0 Å². The molecule has 0 saturated heterocycles. The molecule has 0 aliphatic heterocycles. The van der Waals surface area contributed by atoms with E-state index in [1.807, 2.05) is 0 Å². The van der Waals surface area contributed by atoms with Gasteiger partial charge in [-0.25, -0.2) is 0 Å². The van der Waals surface area contributed by atoms with Gasteiger partial charge in [-0.2, -0.15) is 0 Å². The van der Waals surface area contributed by atoms with E-state index in [4.69, 9.17) is 0 Å². The zero-order chi connectivity index (χ0) is 10.6. The number of carbonyl (C=O) groups is 2. The number of Topliss-reactive ketones (excluding diaryl/α,β-unsaturated/α-hetero) is 1. The Bertz CT molecular complexity index is 265. The van der Waals surface area contributed by atoms with Gasteiger partial charge >= 0.3 is 0 Å². The highest BCUT2D eigenvalue weighted by Gasteiger charge is 2.25. The molecule has 80 valence electrons. The maximum absolute atomic E-state index is 11.6. The molecule has 1 N–H and O–H groups in total. The molecule has 14 heavy (non-hydrogen) atoms. The molecule has 0 aromatic heterocycles. The second-order valence-electron chi connectivity index (χ2n) is 3.46. The molecule has 1 fully saturated rings. The lowest BCUT2D eigenvalue weighted by atomic mass is 9.99. The van der Waals surface area contributed by atoms with Crippen molar-refractivity contribution in [3.8, 4) is 0 Å². The summed E-state index contributed by atoms with van der Waals surface area (Å²) >= 11 is 0. The molecule has 0 heterocycles. The van der Waals surface area contributed by atoms with Gasteiger partial charge in [0.15, 0.2) is 0 Å². The van der Waals surface area contributed by atoms with E-state index in [2.05, 4.69) is 5.32 Å². The van der Waals surface area contributed by atoms with Crippen LogP contribution >= 0.6 is 0 Å². The quantitative estimate of drug-likeness (QED) is 0.723. The number of amides is 1. The van der Waals surface area contributed by atoms with E-state index in [-0.39, 0.29) is 22.7 Å². The first-order chi connectivity index (χ1) is 6.63.